The van der Waals surface area contributed by atoms with Crippen LogP contribution < -0.4 is 11.2 Å². The number of aromatic nitrogens is 2. The quantitative estimate of drug-likeness (QED) is 0.639. The van der Waals surface area contributed by atoms with E-state index in [1.54, 1.807) is 0 Å². The van der Waals surface area contributed by atoms with E-state index in [0.717, 1.165) is 29.7 Å². The Hall–Kier alpha value is -1.56. The van der Waals surface area contributed by atoms with Crippen molar-refractivity contribution in [1.82, 2.24) is 9.71 Å². The zero-order chi connectivity index (χ0) is 10.6. The molecule has 15 heavy (non-hydrogen) atoms. The van der Waals surface area contributed by atoms with Gasteiger partial charge in [-0.15, -0.1) is 11.3 Å². The summed E-state index contributed by atoms with van der Waals surface area (Å²) in [6.45, 7) is 0. The van der Waals surface area contributed by atoms with E-state index in [-0.39, 0.29) is 4.73 Å². The van der Waals surface area contributed by atoms with Crippen molar-refractivity contribution in [3.8, 4) is 0 Å². The van der Waals surface area contributed by atoms with Crippen molar-refractivity contribution >= 4 is 21.6 Å². The minimum Gasteiger partial charge on any atom is -0.421 e. The van der Waals surface area contributed by atoms with Gasteiger partial charge in [-0.25, -0.2) is 4.79 Å². The predicted octanol–water partition coefficient (Wildman–Crippen LogP) is 0.477. The van der Waals surface area contributed by atoms with E-state index < -0.39 is 11.2 Å². The lowest BCUT2D eigenvalue weighted by molar-refractivity contribution is 0.162. The third kappa shape index (κ3) is 1.02. The van der Waals surface area contributed by atoms with Crippen LogP contribution in [0, 0.1) is 0 Å². The molecule has 2 aromatic heterocycles. The van der Waals surface area contributed by atoms with Crippen molar-refractivity contribution in [1.29, 1.82) is 0 Å². The Labute approximate surface area is 87.6 Å². The van der Waals surface area contributed by atoms with E-state index in [9.17, 15) is 14.8 Å². The molecule has 0 atom stereocenters. The average molecular weight is 224 g/mol. The first-order valence-electron chi connectivity index (χ1n) is 4.67. The number of H-pyrrole nitrogens is 1. The Balaban J connectivity index is 2.57. The van der Waals surface area contributed by atoms with Gasteiger partial charge < -0.3 is 5.21 Å². The van der Waals surface area contributed by atoms with Gasteiger partial charge in [0, 0.05) is 4.88 Å². The van der Waals surface area contributed by atoms with Crippen molar-refractivity contribution in [3.05, 3.63) is 31.3 Å². The zero-order valence-electron chi connectivity index (χ0n) is 7.74. The summed E-state index contributed by atoms with van der Waals surface area (Å²) in [5, 5.41) is 9.70. The van der Waals surface area contributed by atoms with E-state index in [1.165, 1.54) is 11.3 Å². The second-order valence-electron chi connectivity index (χ2n) is 3.61. The highest BCUT2D eigenvalue weighted by Gasteiger charge is 2.21. The monoisotopic (exact) mass is 224 g/mol. The first-order chi connectivity index (χ1) is 7.18. The van der Waals surface area contributed by atoms with Crippen molar-refractivity contribution in [2.45, 2.75) is 19.3 Å². The first kappa shape index (κ1) is 8.72. The van der Waals surface area contributed by atoms with Crippen LogP contribution in [-0.4, -0.2) is 14.9 Å². The van der Waals surface area contributed by atoms with Crippen LogP contribution in [-0.2, 0) is 12.8 Å². The van der Waals surface area contributed by atoms with Gasteiger partial charge in [0.2, 0.25) is 0 Å². The molecule has 5 nitrogen and oxygen atoms in total. The van der Waals surface area contributed by atoms with Crippen LogP contribution in [0.25, 0.3) is 10.2 Å². The molecule has 78 valence electrons. The molecule has 0 fully saturated rings. The Kier molecular flexibility index (Phi) is 1.59. The largest absolute Gasteiger partial charge is 0.421 e. The third-order valence-electron chi connectivity index (χ3n) is 2.74. The summed E-state index contributed by atoms with van der Waals surface area (Å²) >= 11 is 1.44. The molecule has 0 saturated carbocycles. The number of aromatic amines is 1. The summed E-state index contributed by atoms with van der Waals surface area (Å²) in [5.74, 6) is 0. The van der Waals surface area contributed by atoms with E-state index in [4.69, 9.17) is 0 Å². The third-order valence-corrected chi connectivity index (χ3v) is 3.95. The molecular weight excluding hydrogens is 216 g/mol. The smallest absolute Gasteiger partial charge is 0.362 e. The second kappa shape index (κ2) is 2.73. The molecule has 0 aliphatic heterocycles. The maximum atomic E-state index is 11.7. The molecule has 0 saturated heterocycles. The zero-order valence-corrected chi connectivity index (χ0v) is 8.56. The molecule has 0 spiro atoms. The fourth-order valence-electron chi connectivity index (χ4n) is 2.07. The highest BCUT2D eigenvalue weighted by molar-refractivity contribution is 7.18. The van der Waals surface area contributed by atoms with Gasteiger partial charge in [0.15, 0.2) is 0 Å². The molecule has 0 radical (unpaired) electrons. The predicted molar refractivity (Wildman–Crippen MR) is 55.9 cm³/mol. The van der Waals surface area contributed by atoms with Crippen LogP contribution >= 0.6 is 11.3 Å². The molecule has 2 N–H and O–H groups in total. The van der Waals surface area contributed by atoms with E-state index in [2.05, 4.69) is 4.98 Å². The molecule has 3 rings (SSSR count). The number of aryl methyl sites for hydroxylation is 2. The van der Waals surface area contributed by atoms with Crippen LogP contribution in [0.2, 0.25) is 0 Å². The van der Waals surface area contributed by atoms with Gasteiger partial charge in [0.1, 0.15) is 4.83 Å². The minimum absolute atomic E-state index is 0.146. The molecule has 0 amide bonds. The fraction of sp³-hybridized carbons (Fsp3) is 0.333. The molecule has 1 aliphatic carbocycles. The topological polar surface area (TPSA) is 75.1 Å². The van der Waals surface area contributed by atoms with E-state index in [0.29, 0.717) is 10.2 Å². The molecule has 0 unspecified atom stereocenters. The van der Waals surface area contributed by atoms with Crippen molar-refractivity contribution in [2.75, 3.05) is 0 Å². The van der Waals surface area contributed by atoms with Crippen LogP contribution in [0.3, 0.4) is 0 Å². The molecule has 0 aromatic carbocycles. The van der Waals surface area contributed by atoms with Crippen LogP contribution in [0.1, 0.15) is 16.9 Å². The highest BCUT2D eigenvalue weighted by Crippen LogP contribution is 2.33. The average Bonchev–Trinajstić information content (AvgIpc) is 2.73. The molecule has 6 heteroatoms. The molecule has 2 heterocycles. The van der Waals surface area contributed by atoms with Gasteiger partial charge in [0.05, 0.1) is 5.39 Å². The molecule has 2 aromatic rings. The van der Waals surface area contributed by atoms with Gasteiger partial charge in [-0.2, -0.15) is 0 Å². The standard InChI is InChI=1S/C9H8N2O3S/c12-8-6-4-2-1-3-5(4)15-7(6)10-9(13)11(8)14/h14H,1-3H2,(H,10,13). The van der Waals surface area contributed by atoms with Crippen LogP contribution in [0.5, 0.6) is 0 Å². The van der Waals surface area contributed by atoms with Crippen molar-refractivity contribution < 1.29 is 5.21 Å². The lowest BCUT2D eigenvalue weighted by Gasteiger charge is -1.95. The molecular formula is C9H8N2O3S. The number of nitrogens with one attached hydrogen (secondary N) is 1. The summed E-state index contributed by atoms with van der Waals surface area (Å²) in [5.41, 5.74) is -0.375. The van der Waals surface area contributed by atoms with Gasteiger partial charge >= 0.3 is 5.69 Å². The van der Waals surface area contributed by atoms with Gasteiger partial charge in [0.25, 0.3) is 5.56 Å². The van der Waals surface area contributed by atoms with Gasteiger partial charge in [-0.1, -0.05) is 4.73 Å². The fourth-order valence-corrected chi connectivity index (χ4v) is 3.34. The summed E-state index contributed by atoms with van der Waals surface area (Å²) in [6.07, 6.45) is 2.86. The summed E-state index contributed by atoms with van der Waals surface area (Å²) in [4.78, 5) is 27.1. The SMILES string of the molecule is O=c1[nH]c2sc3c(c2c(=O)n1O)CCC3. The Morgan fingerprint density at radius 1 is 1.33 bits per heavy atom. The maximum absolute atomic E-state index is 11.7. The summed E-state index contributed by atoms with van der Waals surface area (Å²) < 4.78 is 0.146. The van der Waals surface area contributed by atoms with E-state index >= 15 is 0 Å². The Bertz CT molecular complexity index is 664. The van der Waals surface area contributed by atoms with E-state index in [1.807, 2.05) is 0 Å². The second-order valence-corrected chi connectivity index (χ2v) is 4.71. The minimum atomic E-state index is -0.771. The lowest BCUT2D eigenvalue weighted by Crippen LogP contribution is -2.33. The summed E-state index contributed by atoms with van der Waals surface area (Å²) in [6, 6.07) is 0. The number of hydrogen-bond acceptors (Lipinski definition) is 4. The summed E-state index contributed by atoms with van der Waals surface area (Å²) in [7, 11) is 0. The molecule has 0 bridgehead atoms. The number of nitrogens with zero attached hydrogens (tertiary/aromatic N) is 1. The number of thiophene rings is 1. The number of fused-ring (bicyclic) bond motifs is 3. The first-order valence-corrected chi connectivity index (χ1v) is 5.49. The van der Waals surface area contributed by atoms with Gasteiger partial charge in [-0.05, 0) is 24.8 Å². The Morgan fingerprint density at radius 2 is 2.13 bits per heavy atom. The van der Waals surface area contributed by atoms with Crippen LogP contribution in [0.4, 0.5) is 0 Å². The van der Waals surface area contributed by atoms with Crippen molar-refractivity contribution in [2.24, 2.45) is 0 Å². The molecule has 1 aliphatic rings. The highest BCUT2D eigenvalue weighted by atomic mass is 32.1. The number of rotatable bonds is 0. The van der Waals surface area contributed by atoms with Crippen LogP contribution in [0.15, 0.2) is 9.59 Å². The number of hydrogen-bond donors (Lipinski definition) is 2. The van der Waals surface area contributed by atoms with Gasteiger partial charge in [-0.3, -0.25) is 9.78 Å². The maximum Gasteiger partial charge on any atom is 0.362 e. The van der Waals surface area contributed by atoms with Crippen molar-refractivity contribution in [3.63, 3.8) is 0 Å². The lowest BCUT2D eigenvalue weighted by atomic mass is 10.2. The Morgan fingerprint density at radius 3 is 2.93 bits per heavy atom. The normalized spacial score (nSPS) is 14.7.